The number of ether oxygens (including phenoxy) is 1. The molecule has 2 aliphatic heterocycles. The van der Waals surface area contributed by atoms with Gasteiger partial charge in [0.2, 0.25) is 0 Å². The Labute approximate surface area is 126 Å². The number of rotatable bonds is 0. The van der Waals surface area contributed by atoms with Gasteiger partial charge in [-0.25, -0.2) is 0 Å². The highest BCUT2D eigenvalue weighted by Crippen LogP contribution is 2.46. The van der Waals surface area contributed by atoms with Crippen LogP contribution in [0.15, 0.2) is 12.1 Å². The first-order chi connectivity index (χ1) is 8.81. The molecule has 0 spiro atoms. The number of benzene rings is 1. The third-order valence-corrected chi connectivity index (χ3v) is 4.26. The van der Waals surface area contributed by atoms with Gasteiger partial charge in [0, 0.05) is 24.0 Å². The lowest BCUT2D eigenvalue weighted by Crippen LogP contribution is -2.40. The molecule has 0 aliphatic carbocycles. The van der Waals surface area contributed by atoms with Gasteiger partial charge in [0.15, 0.2) is 0 Å². The van der Waals surface area contributed by atoms with E-state index in [1.54, 1.807) is 6.07 Å². The van der Waals surface area contributed by atoms with Crippen LogP contribution in [0, 0.1) is 0 Å². The molecule has 1 aromatic carbocycles. The number of halogens is 5. The molecular weight excluding hydrogens is 314 g/mol. The van der Waals surface area contributed by atoms with E-state index in [1.165, 1.54) is 0 Å². The maximum absolute atomic E-state index is 13.1. The quantitative estimate of drug-likeness (QED) is 0.783. The lowest BCUT2D eigenvalue weighted by Gasteiger charge is -2.38. The molecule has 1 N–H and O–H groups in total. The highest BCUT2D eigenvalue weighted by atomic mass is 35.5. The molecule has 112 valence electrons. The molecule has 7 heteroatoms. The average molecular weight is 328 g/mol. The second-order valence-corrected chi connectivity index (χ2v) is 5.74. The molecule has 2 atom stereocenters. The van der Waals surface area contributed by atoms with E-state index in [0.29, 0.717) is 18.7 Å². The standard InChI is InChI=1S/C13H13ClF3NO.ClH/c1-12-6-18-4-11(12)8-2-7(14)3-10(13(15,16)17)9(8)5-19-12;/h2-3,11,18H,4-6H2,1H3;1H/t11-,12-;/m1./s1. The molecule has 0 saturated carbocycles. The van der Waals surface area contributed by atoms with Crippen molar-refractivity contribution in [3.63, 3.8) is 0 Å². The zero-order chi connectivity index (χ0) is 13.8. The molecule has 2 nitrogen and oxygen atoms in total. The molecule has 0 unspecified atom stereocenters. The topological polar surface area (TPSA) is 21.3 Å². The van der Waals surface area contributed by atoms with Crippen molar-refractivity contribution in [1.29, 1.82) is 0 Å². The van der Waals surface area contributed by atoms with Gasteiger partial charge in [-0.15, -0.1) is 12.4 Å². The van der Waals surface area contributed by atoms with Crippen LogP contribution in [0.1, 0.15) is 29.5 Å². The molecule has 0 amide bonds. The number of hydrogen-bond donors (Lipinski definition) is 1. The van der Waals surface area contributed by atoms with Crippen LogP contribution in [0.3, 0.4) is 0 Å². The van der Waals surface area contributed by atoms with Crippen LogP contribution in [0.2, 0.25) is 5.02 Å². The van der Waals surface area contributed by atoms with Gasteiger partial charge in [-0.3, -0.25) is 0 Å². The van der Waals surface area contributed by atoms with Gasteiger partial charge in [0.25, 0.3) is 0 Å². The lowest BCUT2D eigenvalue weighted by molar-refractivity contribution is -0.140. The molecule has 1 fully saturated rings. The van der Waals surface area contributed by atoms with Crippen LogP contribution < -0.4 is 5.32 Å². The second-order valence-electron chi connectivity index (χ2n) is 5.30. The van der Waals surface area contributed by atoms with Crippen molar-refractivity contribution in [2.75, 3.05) is 13.1 Å². The van der Waals surface area contributed by atoms with Crippen molar-refractivity contribution >= 4 is 24.0 Å². The molecule has 1 saturated heterocycles. The van der Waals surface area contributed by atoms with E-state index in [9.17, 15) is 13.2 Å². The smallest absolute Gasteiger partial charge is 0.369 e. The van der Waals surface area contributed by atoms with E-state index in [2.05, 4.69) is 5.32 Å². The van der Waals surface area contributed by atoms with Gasteiger partial charge < -0.3 is 10.1 Å². The van der Waals surface area contributed by atoms with Gasteiger partial charge in [-0.2, -0.15) is 13.2 Å². The zero-order valence-electron chi connectivity index (χ0n) is 10.7. The number of fused-ring (bicyclic) bond motifs is 3. The Balaban J connectivity index is 0.00000147. The molecule has 0 radical (unpaired) electrons. The van der Waals surface area contributed by atoms with Gasteiger partial charge in [-0.05, 0) is 30.2 Å². The molecule has 3 rings (SSSR count). The number of alkyl halides is 3. The van der Waals surface area contributed by atoms with Crippen molar-refractivity contribution in [3.8, 4) is 0 Å². The fraction of sp³-hybridized carbons (Fsp3) is 0.538. The molecule has 1 aromatic rings. The normalized spacial score (nSPS) is 28.6. The fourth-order valence-corrected chi connectivity index (χ4v) is 3.24. The average Bonchev–Trinajstić information content (AvgIpc) is 2.69. The van der Waals surface area contributed by atoms with Crippen LogP contribution in [0.4, 0.5) is 13.2 Å². The summed E-state index contributed by atoms with van der Waals surface area (Å²) in [6, 6.07) is 2.62. The van der Waals surface area contributed by atoms with E-state index in [4.69, 9.17) is 16.3 Å². The van der Waals surface area contributed by atoms with Crippen LogP contribution in [0.25, 0.3) is 0 Å². The van der Waals surface area contributed by atoms with E-state index in [-0.39, 0.29) is 35.5 Å². The summed E-state index contributed by atoms with van der Waals surface area (Å²) in [7, 11) is 0. The van der Waals surface area contributed by atoms with Gasteiger partial charge in [0.05, 0.1) is 17.8 Å². The summed E-state index contributed by atoms with van der Waals surface area (Å²) < 4.78 is 44.9. The molecule has 20 heavy (non-hydrogen) atoms. The van der Waals surface area contributed by atoms with E-state index in [0.717, 1.165) is 6.07 Å². The molecule has 0 aromatic heterocycles. The number of hydrogen-bond acceptors (Lipinski definition) is 2. The third kappa shape index (κ3) is 2.41. The van der Waals surface area contributed by atoms with Gasteiger partial charge in [0.1, 0.15) is 0 Å². The highest BCUT2D eigenvalue weighted by molar-refractivity contribution is 6.30. The SMILES string of the molecule is C[C@@]12CNC[C@@H]1c1cc(Cl)cc(C(F)(F)F)c1CO2.Cl. The molecule has 2 heterocycles. The summed E-state index contributed by atoms with van der Waals surface area (Å²) >= 11 is 5.86. The molecule has 2 aliphatic rings. The Morgan fingerprint density at radius 1 is 1.40 bits per heavy atom. The van der Waals surface area contributed by atoms with Crippen molar-refractivity contribution in [2.24, 2.45) is 0 Å². The first-order valence-corrected chi connectivity index (χ1v) is 6.43. The monoisotopic (exact) mass is 327 g/mol. The maximum Gasteiger partial charge on any atom is 0.416 e. The fourth-order valence-electron chi connectivity index (χ4n) is 3.01. The summed E-state index contributed by atoms with van der Waals surface area (Å²) in [4.78, 5) is 0. The van der Waals surface area contributed by atoms with Gasteiger partial charge >= 0.3 is 6.18 Å². The minimum Gasteiger partial charge on any atom is -0.369 e. The molecule has 0 bridgehead atoms. The maximum atomic E-state index is 13.1. The minimum absolute atomic E-state index is 0. The van der Waals surface area contributed by atoms with Crippen LogP contribution in [0.5, 0.6) is 0 Å². The summed E-state index contributed by atoms with van der Waals surface area (Å²) in [5.41, 5.74) is -0.230. The van der Waals surface area contributed by atoms with E-state index >= 15 is 0 Å². The minimum atomic E-state index is -4.40. The van der Waals surface area contributed by atoms with Crippen molar-refractivity contribution < 1.29 is 17.9 Å². The first-order valence-electron chi connectivity index (χ1n) is 6.05. The van der Waals surface area contributed by atoms with E-state index < -0.39 is 17.3 Å². The summed E-state index contributed by atoms with van der Waals surface area (Å²) in [6.07, 6.45) is -4.40. The van der Waals surface area contributed by atoms with Crippen LogP contribution in [-0.2, 0) is 17.5 Å². The van der Waals surface area contributed by atoms with Crippen molar-refractivity contribution in [3.05, 3.63) is 33.8 Å². The highest BCUT2D eigenvalue weighted by Gasteiger charge is 2.47. The largest absolute Gasteiger partial charge is 0.416 e. The predicted molar refractivity (Wildman–Crippen MR) is 72.5 cm³/mol. The second kappa shape index (κ2) is 5.05. The summed E-state index contributed by atoms with van der Waals surface area (Å²) in [5, 5.41) is 3.30. The van der Waals surface area contributed by atoms with Crippen LogP contribution >= 0.6 is 24.0 Å². The van der Waals surface area contributed by atoms with Crippen molar-refractivity contribution in [2.45, 2.75) is 31.2 Å². The summed E-state index contributed by atoms with van der Waals surface area (Å²) in [5.74, 6) is -0.0870. The first kappa shape index (κ1) is 15.9. The number of nitrogens with one attached hydrogen (secondary N) is 1. The molecular formula is C13H14Cl2F3NO. The third-order valence-electron chi connectivity index (χ3n) is 4.04. The summed E-state index contributed by atoms with van der Waals surface area (Å²) in [6.45, 7) is 3.16. The predicted octanol–water partition coefficient (Wildman–Crippen LogP) is 3.76. The zero-order valence-corrected chi connectivity index (χ0v) is 12.3. The van der Waals surface area contributed by atoms with E-state index in [1.807, 2.05) is 6.92 Å². The Kier molecular flexibility index (Phi) is 4.02. The Bertz CT molecular complexity index is 535. The Morgan fingerprint density at radius 2 is 2.10 bits per heavy atom. The van der Waals surface area contributed by atoms with Crippen molar-refractivity contribution in [1.82, 2.24) is 5.32 Å². The Morgan fingerprint density at radius 3 is 2.75 bits per heavy atom. The lowest BCUT2D eigenvalue weighted by atomic mass is 9.80. The van der Waals surface area contributed by atoms with Gasteiger partial charge in [-0.1, -0.05) is 11.6 Å². The van der Waals surface area contributed by atoms with Crippen LogP contribution in [-0.4, -0.2) is 18.7 Å². The Hall–Kier alpha value is -0.490.